The molecule has 1 aromatic rings. The molecule has 0 spiro atoms. The maximum Gasteiger partial charge on any atom is 0.235 e. The van der Waals surface area contributed by atoms with Gasteiger partial charge in [0.25, 0.3) is 0 Å². The minimum atomic E-state index is -3.50. The van der Waals surface area contributed by atoms with Crippen LogP contribution in [0.25, 0.3) is 0 Å². The second-order valence-electron chi connectivity index (χ2n) is 10.2. The van der Waals surface area contributed by atoms with E-state index in [-0.39, 0.29) is 30.5 Å². The maximum atomic E-state index is 13.8. The molecule has 38 heavy (non-hydrogen) atoms. The number of ketones is 4. The summed E-state index contributed by atoms with van der Waals surface area (Å²) in [5.74, 6) is -5.84. The first kappa shape index (κ1) is 27.4. The van der Waals surface area contributed by atoms with Gasteiger partial charge in [-0.1, -0.05) is 11.8 Å². The van der Waals surface area contributed by atoms with Crippen molar-refractivity contribution in [3.05, 3.63) is 22.8 Å². The Morgan fingerprint density at radius 3 is 2.45 bits per heavy atom. The van der Waals surface area contributed by atoms with E-state index in [1.165, 1.54) is 0 Å². The second kappa shape index (κ2) is 9.30. The first-order chi connectivity index (χ1) is 17.6. The van der Waals surface area contributed by atoms with E-state index in [1.54, 1.807) is 25.1 Å². The van der Waals surface area contributed by atoms with Gasteiger partial charge in [-0.15, -0.1) is 0 Å². The topological polar surface area (TPSA) is 201 Å². The predicted octanol–water partition coefficient (Wildman–Crippen LogP) is -1.71. The van der Waals surface area contributed by atoms with Gasteiger partial charge in [-0.25, -0.2) is 13.1 Å². The van der Waals surface area contributed by atoms with Crippen LogP contribution < -0.4 is 15.4 Å². The zero-order chi connectivity index (χ0) is 28.3. The fourth-order valence-electron chi connectivity index (χ4n) is 5.82. The molecule has 3 aliphatic carbocycles. The number of phenolic OH excluding ortho intramolecular Hbond substituents is 1. The van der Waals surface area contributed by atoms with Crippen LogP contribution >= 0.6 is 0 Å². The molecule has 0 aromatic heterocycles. The van der Waals surface area contributed by atoms with E-state index in [2.05, 4.69) is 16.6 Å². The highest BCUT2D eigenvalue weighted by Crippen LogP contribution is 2.51. The Kier molecular flexibility index (Phi) is 6.71. The zero-order valence-corrected chi connectivity index (χ0v) is 21.7. The van der Waals surface area contributed by atoms with Gasteiger partial charge < -0.3 is 20.8 Å². The van der Waals surface area contributed by atoms with E-state index in [4.69, 9.17) is 5.73 Å². The molecule has 5 atom stereocenters. The number of amides is 1. The third-order valence-corrected chi connectivity index (χ3v) is 8.17. The molecule has 5 N–H and O–H groups in total. The van der Waals surface area contributed by atoms with Crippen LogP contribution in [0.2, 0.25) is 0 Å². The number of carbonyl (C=O) groups is 5. The van der Waals surface area contributed by atoms with E-state index >= 15 is 0 Å². The molecule has 0 radical (unpaired) electrons. The normalized spacial score (nSPS) is 28.5. The highest BCUT2D eigenvalue weighted by Gasteiger charge is 2.66. The molecule has 2 unspecified atom stereocenters. The van der Waals surface area contributed by atoms with Crippen molar-refractivity contribution < 1.29 is 42.6 Å². The smallest absolute Gasteiger partial charge is 0.235 e. The van der Waals surface area contributed by atoms with Gasteiger partial charge >= 0.3 is 0 Å². The molecule has 12 nitrogen and oxygen atoms in total. The van der Waals surface area contributed by atoms with Crippen LogP contribution in [0.5, 0.6) is 5.75 Å². The fourth-order valence-corrected chi connectivity index (χ4v) is 6.15. The van der Waals surface area contributed by atoms with Crippen molar-refractivity contribution in [1.82, 2.24) is 4.72 Å². The van der Waals surface area contributed by atoms with Gasteiger partial charge in [-0.3, -0.25) is 24.0 Å². The van der Waals surface area contributed by atoms with Crippen LogP contribution in [0.4, 0.5) is 5.69 Å². The van der Waals surface area contributed by atoms with Gasteiger partial charge in [0.1, 0.15) is 5.75 Å². The van der Waals surface area contributed by atoms with E-state index < -0.39 is 80.5 Å². The van der Waals surface area contributed by atoms with Crippen molar-refractivity contribution in [3.63, 3.8) is 0 Å². The molecule has 13 heteroatoms. The zero-order valence-electron chi connectivity index (χ0n) is 20.9. The standard InChI is InChI=1S/C25H27N3O9S/c1-28(2)15-9-11(5-4-6-27-38(3,36)37)20(30)18-14(15)8-12-7-13-10-16(29)19(24(26)34)23(33)25(13,35)22(32)17(12)21(18)31/h9,12-13,17,19,27,30,35H,6-8,10H2,1-3H3,(H2,26,34)/t12-,13+,17?,19?,25+/m1/s1. The molecule has 2 fully saturated rings. The first-order valence-corrected chi connectivity index (χ1v) is 13.7. The number of aromatic hydroxyl groups is 1. The number of Topliss-reactive ketones (excluding diaryl/α,β-unsaturated/α-hetero) is 4. The van der Waals surface area contributed by atoms with Crippen molar-refractivity contribution in [3.8, 4) is 17.6 Å². The average molecular weight is 546 g/mol. The molecular formula is C25H27N3O9S. The number of benzene rings is 1. The summed E-state index contributed by atoms with van der Waals surface area (Å²) in [6, 6.07) is 1.54. The third kappa shape index (κ3) is 4.28. The molecule has 0 heterocycles. The number of nitrogens with one attached hydrogen (secondary N) is 1. The minimum absolute atomic E-state index is 0.00655. The van der Waals surface area contributed by atoms with Crippen LogP contribution in [0.3, 0.4) is 0 Å². The Hall–Kier alpha value is -3.60. The molecular weight excluding hydrogens is 518 g/mol. The van der Waals surface area contributed by atoms with Gasteiger partial charge in [-0.05, 0) is 30.4 Å². The van der Waals surface area contributed by atoms with E-state index in [0.717, 1.165) is 6.26 Å². The third-order valence-electron chi connectivity index (χ3n) is 7.51. The molecule has 0 aliphatic heterocycles. The van der Waals surface area contributed by atoms with Crippen molar-refractivity contribution in [2.45, 2.75) is 24.9 Å². The number of aliphatic hydroxyl groups is 1. The Balaban J connectivity index is 1.80. The summed E-state index contributed by atoms with van der Waals surface area (Å²) < 4.78 is 24.7. The number of hydrogen-bond donors (Lipinski definition) is 4. The van der Waals surface area contributed by atoms with Crippen LogP contribution in [-0.4, -0.2) is 80.2 Å². The number of anilines is 1. The van der Waals surface area contributed by atoms with Gasteiger partial charge in [0.05, 0.1) is 29.8 Å². The van der Waals surface area contributed by atoms with Crippen molar-refractivity contribution >= 4 is 44.8 Å². The van der Waals surface area contributed by atoms with E-state index in [1.807, 2.05) is 0 Å². The largest absolute Gasteiger partial charge is 0.506 e. The predicted molar refractivity (Wildman–Crippen MR) is 133 cm³/mol. The number of hydrogen-bond acceptors (Lipinski definition) is 10. The number of phenols is 1. The number of nitrogens with zero attached hydrogens (tertiary/aromatic N) is 1. The Morgan fingerprint density at radius 1 is 1.21 bits per heavy atom. The molecule has 3 aliphatic rings. The fraction of sp³-hybridized carbons (Fsp3) is 0.480. The van der Waals surface area contributed by atoms with E-state index in [9.17, 15) is 42.6 Å². The Morgan fingerprint density at radius 2 is 1.87 bits per heavy atom. The van der Waals surface area contributed by atoms with E-state index in [0.29, 0.717) is 11.3 Å². The molecule has 0 bridgehead atoms. The van der Waals surface area contributed by atoms with Gasteiger partial charge in [-0.2, -0.15) is 0 Å². The van der Waals surface area contributed by atoms with Crippen molar-refractivity contribution in [2.75, 3.05) is 31.8 Å². The number of fused-ring (bicyclic) bond motifs is 3. The van der Waals surface area contributed by atoms with Crippen molar-refractivity contribution in [2.24, 2.45) is 29.4 Å². The minimum Gasteiger partial charge on any atom is -0.506 e. The highest BCUT2D eigenvalue weighted by atomic mass is 32.2. The quantitative estimate of drug-likeness (QED) is 0.249. The lowest BCUT2D eigenvalue weighted by atomic mass is 9.53. The lowest BCUT2D eigenvalue weighted by Crippen LogP contribution is -2.68. The summed E-state index contributed by atoms with van der Waals surface area (Å²) in [6.45, 7) is -0.250. The van der Waals surface area contributed by atoms with Crippen molar-refractivity contribution in [1.29, 1.82) is 0 Å². The monoisotopic (exact) mass is 545 g/mol. The summed E-state index contributed by atoms with van der Waals surface area (Å²) in [6.07, 6.45) is 0.680. The number of rotatable bonds is 4. The van der Waals surface area contributed by atoms with Gasteiger partial charge in [0, 0.05) is 32.1 Å². The second-order valence-corrected chi connectivity index (χ2v) is 12.0. The van der Waals surface area contributed by atoms with Gasteiger partial charge in [0.15, 0.2) is 34.7 Å². The number of nitrogens with two attached hydrogens (primary N) is 1. The highest BCUT2D eigenvalue weighted by molar-refractivity contribution is 7.88. The summed E-state index contributed by atoms with van der Waals surface area (Å²) in [5, 5.41) is 22.3. The maximum absolute atomic E-state index is 13.8. The number of carbonyl (C=O) groups excluding carboxylic acids is 5. The SMILES string of the molecule is CN(C)c1cc(C#CCNS(C)(=O)=O)c(O)c2c1C[C@H]1C[C@H]3CC(=O)C(C(N)=O)C(=O)[C@@]3(O)C(=O)C1C2=O. The molecule has 1 aromatic carbocycles. The van der Waals surface area contributed by atoms with Crippen LogP contribution in [0.1, 0.15) is 34.3 Å². The molecule has 202 valence electrons. The lowest BCUT2D eigenvalue weighted by molar-refractivity contribution is -0.175. The molecule has 2 saturated carbocycles. The first-order valence-electron chi connectivity index (χ1n) is 11.8. The summed E-state index contributed by atoms with van der Waals surface area (Å²) in [7, 11) is -0.0875. The summed E-state index contributed by atoms with van der Waals surface area (Å²) in [5.41, 5.74) is 3.28. The van der Waals surface area contributed by atoms with Crippen LogP contribution in [-0.2, 0) is 35.6 Å². The Labute approximate surface area is 218 Å². The Bertz CT molecular complexity index is 1470. The van der Waals surface area contributed by atoms with Gasteiger partial charge in [0.2, 0.25) is 15.9 Å². The lowest BCUT2D eigenvalue weighted by Gasteiger charge is -2.48. The number of sulfonamides is 1. The molecule has 1 amide bonds. The van der Waals surface area contributed by atoms with Crippen LogP contribution in [0, 0.1) is 35.5 Å². The summed E-state index contributed by atoms with van der Waals surface area (Å²) >= 11 is 0. The average Bonchev–Trinajstić information content (AvgIpc) is 2.79. The summed E-state index contributed by atoms with van der Waals surface area (Å²) in [4.78, 5) is 66.3. The molecule has 0 saturated heterocycles. The number of primary amides is 1. The molecule has 4 rings (SSSR count). The van der Waals surface area contributed by atoms with Crippen LogP contribution in [0.15, 0.2) is 6.07 Å².